The summed E-state index contributed by atoms with van der Waals surface area (Å²) in [6.07, 6.45) is 1.44. The molecule has 2 aromatic rings. The Bertz CT molecular complexity index is 879. The van der Waals surface area contributed by atoms with Gasteiger partial charge >= 0.3 is 0 Å². The van der Waals surface area contributed by atoms with E-state index in [1.165, 1.54) is 6.21 Å². The maximum Gasteiger partial charge on any atom is 0.254 e. The molecule has 0 radical (unpaired) electrons. The number of ether oxygens (including phenoxy) is 2. The molecule has 1 heterocycles. The van der Waals surface area contributed by atoms with Gasteiger partial charge in [0.1, 0.15) is 17.2 Å². The second-order valence-corrected chi connectivity index (χ2v) is 7.08. The van der Waals surface area contributed by atoms with Gasteiger partial charge in [0.25, 0.3) is 5.91 Å². The molecule has 0 spiro atoms. The molecule has 1 aliphatic rings. The van der Waals surface area contributed by atoms with E-state index in [9.17, 15) is 9.90 Å². The summed E-state index contributed by atoms with van der Waals surface area (Å²) < 4.78 is 10.8. The predicted molar refractivity (Wildman–Crippen MR) is 115 cm³/mol. The van der Waals surface area contributed by atoms with Gasteiger partial charge in [-0.25, -0.2) is 5.43 Å². The topological polar surface area (TPSA) is 86.6 Å². The van der Waals surface area contributed by atoms with E-state index >= 15 is 0 Å². The quantitative estimate of drug-likeness (QED) is 0.507. The van der Waals surface area contributed by atoms with Gasteiger partial charge in [0.15, 0.2) is 0 Å². The molecule has 8 nitrogen and oxygen atoms in total. The number of rotatable bonds is 8. The van der Waals surface area contributed by atoms with Crippen LogP contribution in [0.2, 0.25) is 0 Å². The van der Waals surface area contributed by atoms with Crippen molar-refractivity contribution < 1.29 is 19.4 Å². The van der Waals surface area contributed by atoms with Gasteiger partial charge in [0.05, 0.1) is 27.0 Å². The van der Waals surface area contributed by atoms with Crippen LogP contribution in [0.4, 0.5) is 0 Å². The lowest BCUT2D eigenvalue weighted by Gasteiger charge is -2.34. The number of nitrogens with zero attached hydrogens (tertiary/aromatic N) is 3. The average Bonchev–Trinajstić information content (AvgIpc) is 2.76. The lowest BCUT2D eigenvalue weighted by molar-refractivity contribution is -0.122. The van der Waals surface area contributed by atoms with Crippen LogP contribution in [-0.2, 0) is 11.3 Å². The minimum Gasteiger partial charge on any atom is -0.507 e. The van der Waals surface area contributed by atoms with Gasteiger partial charge in [-0.3, -0.25) is 14.6 Å². The van der Waals surface area contributed by atoms with Crippen LogP contribution in [-0.4, -0.2) is 74.0 Å². The van der Waals surface area contributed by atoms with Crippen LogP contribution in [0.15, 0.2) is 47.6 Å². The third kappa shape index (κ3) is 5.95. The third-order valence-electron chi connectivity index (χ3n) is 5.04. The van der Waals surface area contributed by atoms with Crippen molar-refractivity contribution >= 4 is 12.1 Å². The summed E-state index contributed by atoms with van der Waals surface area (Å²) in [5.74, 6) is 1.61. The molecule has 1 fully saturated rings. The van der Waals surface area contributed by atoms with Crippen LogP contribution in [0.3, 0.4) is 0 Å². The van der Waals surface area contributed by atoms with Crippen LogP contribution < -0.4 is 14.9 Å². The number of phenols is 1. The maximum absolute atomic E-state index is 12.1. The highest BCUT2D eigenvalue weighted by Gasteiger charge is 2.20. The molecule has 2 aromatic carbocycles. The Morgan fingerprint density at radius 2 is 1.83 bits per heavy atom. The minimum absolute atomic E-state index is 0.124. The number of nitrogens with one attached hydrogen (secondary N) is 1. The smallest absolute Gasteiger partial charge is 0.254 e. The van der Waals surface area contributed by atoms with Gasteiger partial charge in [0, 0.05) is 43.9 Å². The van der Waals surface area contributed by atoms with Crippen molar-refractivity contribution in [2.75, 3.05) is 46.9 Å². The Hall–Kier alpha value is -3.10. The maximum atomic E-state index is 12.1. The largest absolute Gasteiger partial charge is 0.507 e. The first kappa shape index (κ1) is 21.6. The number of carbonyl (C=O) groups is 1. The molecule has 0 aromatic heterocycles. The second-order valence-electron chi connectivity index (χ2n) is 7.08. The molecule has 2 N–H and O–H groups in total. The molecule has 0 aliphatic carbocycles. The zero-order valence-corrected chi connectivity index (χ0v) is 17.4. The Labute approximate surface area is 176 Å². The number of benzene rings is 2. The van der Waals surface area contributed by atoms with E-state index in [-0.39, 0.29) is 18.2 Å². The molecule has 0 bridgehead atoms. The van der Waals surface area contributed by atoms with Crippen LogP contribution in [0.1, 0.15) is 11.1 Å². The van der Waals surface area contributed by atoms with E-state index < -0.39 is 0 Å². The third-order valence-corrected chi connectivity index (χ3v) is 5.04. The van der Waals surface area contributed by atoms with Crippen LogP contribution in [0.5, 0.6) is 17.2 Å². The Kier molecular flexibility index (Phi) is 7.64. The molecule has 30 heavy (non-hydrogen) atoms. The lowest BCUT2D eigenvalue weighted by atomic mass is 10.1. The first-order valence-electron chi connectivity index (χ1n) is 9.84. The molecule has 160 valence electrons. The highest BCUT2D eigenvalue weighted by molar-refractivity contribution is 5.85. The first-order valence-corrected chi connectivity index (χ1v) is 9.84. The SMILES string of the molecule is COc1ccc(OC)c(CN2CCN(CC(=O)N/N=C\c3ccccc3O)CC2)c1. The lowest BCUT2D eigenvalue weighted by Crippen LogP contribution is -2.48. The van der Waals surface area contributed by atoms with Crippen molar-refractivity contribution in [1.29, 1.82) is 0 Å². The summed E-state index contributed by atoms with van der Waals surface area (Å²) in [6.45, 7) is 4.36. The summed E-state index contributed by atoms with van der Waals surface area (Å²) in [5, 5.41) is 13.6. The van der Waals surface area contributed by atoms with Crippen LogP contribution >= 0.6 is 0 Å². The summed E-state index contributed by atoms with van der Waals surface area (Å²) in [5.41, 5.74) is 4.16. The van der Waals surface area contributed by atoms with Crippen molar-refractivity contribution in [2.24, 2.45) is 5.10 Å². The number of hydrazone groups is 1. The van der Waals surface area contributed by atoms with Crippen molar-refractivity contribution in [3.63, 3.8) is 0 Å². The second kappa shape index (κ2) is 10.6. The number of aromatic hydroxyl groups is 1. The fourth-order valence-corrected chi connectivity index (χ4v) is 3.36. The minimum atomic E-state index is -0.176. The van der Waals surface area contributed by atoms with E-state index in [0.29, 0.717) is 5.56 Å². The summed E-state index contributed by atoms with van der Waals surface area (Å²) in [6, 6.07) is 12.6. The normalized spacial score (nSPS) is 15.3. The summed E-state index contributed by atoms with van der Waals surface area (Å²) in [7, 11) is 3.32. The van der Waals surface area contributed by atoms with Gasteiger partial charge < -0.3 is 14.6 Å². The average molecular weight is 412 g/mol. The van der Waals surface area contributed by atoms with Gasteiger partial charge in [-0.1, -0.05) is 12.1 Å². The number of carbonyl (C=O) groups excluding carboxylic acids is 1. The number of para-hydroxylation sites is 1. The Morgan fingerprint density at radius 1 is 1.10 bits per heavy atom. The van der Waals surface area contributed by atoms with Crippen LogP contribution in [0, 0.1) is 0 Å². The zero-order valence-electron chi connectivity index (χ0n) is 17.4. The van der Waals surface area contributed by atoms with E-state index in [4.69, 9.17) is 9.47 Å². The molecule has 8 heteroatoms. The summed E-state index contributed by atoms with van der Waals surface area (Å²) >= 11 is 0. The Morgan fingerprint density at radius 3 is 2.53 bits per heavy atom. The summed E-state index contributed by atoms with van der Waals surface area (Å²) in [4.78, 5) is 16.6. The highest BCUT2D eigenvalue weighted by Crippen LogP contribution is 2.25. The van der Waals surface area contributed by atoms with Crippen molar-refractivity contribution in [3.8, 4) is 17.2 Å². The van der Waals surface area contributed by atoms with Gasteiger partial charge in [-0.2, -0.15) is 5.10 Å². The Balaban J connectivity index is 1.44. The van der Waals surface area contributed by atoms with E-state index in [0.717, 1.165) is 49.8 Å². The fraction of sp³-hybridized carbons (Fsp3) is 0.364. The van der Waals surface area contributed by atoms with Gasteiger partial charge in [-0.05, 0) is 30.3 Å². The molecule has 0 unspecified atom stereocenters. The highest BCUT2D eigenvalue weighted by atomic mass is 16.5. The van der Waals surface area contributed by atoms with Crippen LogP contribution in [0.25, 0.3) is 0 Å². The molecule has 1 saturated heterocycles. The number of hydrogen-bond acceptors (Lipinski definition) is 7. The molecular weight excluding hydrogens is 384 g/mol. The molecule has 3 rings (SSSR count). The van der Waals surface area contributed by atoms with Gasteiger partial charge in [-0.15, -0.1) is 0 Å². The molecule has 1 aliphatic heterocycles. The standard InChI is InChI=1S/C22H28N4O4/c1-29-19-7-8-21(30-2)18(13-19)15-25-9-11-26(12-10-25)16-22(28)24-23-14-17-5-3-4-6-20(17)27/h3-8,13-14,27H,9-12,15-16H2,1-2H3,(H,24,28)/b23-14-. The number of phenolic OH excluding ortho intramolecular Hbond substituents is 1. The van der Waals surface area contributed by atoms with Crippen molar-refractivity contribution in [1.82, 2.24) is 15.2 Å². The number of amides is 1. The van der Waals surface area contributed by atoms with E-state index in [1.807, 2.05) is 18.2 Å². The zero-order chi connectivity index (χ0) is 21.3. The van der Waals surface area contributed by atoms with Crippen molar-refractivity contribution in [3.05, 3.63) is 53.6 Å². The molecular formula is C22H28N4O4. The van der Waals surface area contributed by atoms with E-state index in [2.05, 4.69) is 20.3 Å². The molecule has 0 atom stereocenters. The van der Waals surface area contributed by atoms with E-state index in [1.54, 1.807) is 38.5 Å². The number of methoxy groups -OCH3 is 2. The fourth-order valence-electron chi connectivity index (χ4n) is 3.36. The predicted octanol–water partition coefficient (Wildman–Crippen LogP) is 1.68. The molecule has 1 amide bonds. The number of piperazine rings is 1. The molecule has 0 saturated carbocycles. The van der Waals surface area contributed by atoms with Gasteiger partial charge in [0.2, 0.25) is 0 Å². The van der Waals surface area contributed by atoms with Crippen molar-refractivity contribution in [2.45, 2.75) is 6.54 Å². The first-order chi connectivity index (χ1) is 14.6. The number of hydrogen-bond donors (Lipinski definition) is 2. The monoisotopic (exact) mass is 412 g/mol.